The summed E-state index contributed by atoms with van der Waals surface area (Å²) in [5.41, 5.74) is 2.55. The Hall–Kier alpha value is -1.89. The van der Waals surface area contributed by atoms with E-state index in [4.69, 9.17) is 5.84 Å². The summed E-state index contributed by atoms with van der Waals surface area (Å²) < 4.78 is 1.14. The lowest BCUT2D eigenvalue weighted by Crippen LogP contribution is -2.40. The maximum Gasteiger partial charge on any atom is 0.269 e. The third kappa shape index (κ3) is 2.98. The highest BCUT2D eigenvalue weighted by atomic mass is 16.2. The molecule has 2 heterocycles. The zero-order valence-electron chi connectivity index (χ0n) is 11.9. The van der Waals surface area contributed by atoms with Crippen molar-refractivity contribution in [1.29, 1.82) is 0 Å². The molecular weight excluding hydrogens is 258 g/mol. The topological polar surface area (TPSA) is 93.2 Å². The molecule has 0 spiro atoms. The summed E-state index contributed by atoms with van der Waals surface area (Å²) in [6.07, 6.45) is 3.88. The molecule has 7 heteroatoms. The normalized spacial score (nSPS) is 17.9. The van der Waals surface area contributed by atoms with Crippen LogP contribution < -0.4 is 21.7 Å². The molecule has 1 amide bonds. The van der Waals surface area contributed by atoms with Gasteiger partial charge in [0.25, 0.3) is 11.5 Å². The maximum atomic E-state index is 12.1. The number of carbonyl (C=O) groups excluding carboxylic acids is 1. The van der Waals surface area contributed by atoms with Gasteiger partial charge in [0.15, 0.2) is 0 Å². The Morgan fingerprint density at radius 2 is 2.15 bits per heavy atom. The van der Waals surface area contributed by atoms with Gasteiger partial charge in [0.05, 0.1) is 11.9 Å². The fourth-order valence-electron chi connectivity index (χ4n) is 2.37. The molecule has 20 heavy (non-hydrogen) atoms. The monoisotopic (exact) mass is 279 g/mol. The smallest absolute Gasteiger partial charge is 0.269 e. The third-order valence-corrected chi connectivity index (χ3v) is 3.85. The molecule has 0 bridgehead atoms. The summed E-state index contributed by atoms with van der Waals surface area (Å²) in [6, 6.07) is 0.812. The molecule has 0 aliphatic carbocycles. The van der Waals surface area contributed by atoms with Crippen molar-refractivity contribution in [2.75, 3.05) is 18.0 Å². The molecule has 1 unspecified atom stereocenters. The quantitative estimate of drug-likeness (QED) is 0.462. The largest absolute Gasteiger partial charge is 0.370 e. The summed E-state index contributed by atoms with van der Waals surface area (Å²) in [4.78, 5) is 25.7. The number of piperidine rings is 1. The molecule has 1 aromatic rings. The Morgan fingerprint density at radius 1 is 1.50 bits per heavy atom. The van der Waals surface area contributed by atoms with Crippen molar-refractivity contribution in [1.82, 2.24) is 15.2 Å². The van der Waals surface area contributed by atoms with Crippen LogP contribution in [0.2, 0.25) is 0 Å². The molecule has 110 valence electrons. The van der Waals surface area contributed by atoms with Crippen molar-refractivity contribution in [2.45, 2.75) is 32.7 Å². The Labute approximate surface area is 117 Å². The minimum absolute atomic E-state index is 0.294. The summed E-state index contributed by atoms with van der Waals surface area (Å²) in [7, 11) is 0. The Morgan fingerprint density at radius 3 is 2.70 bits per heavy atom. The van der Waals surface area contributed by atoms with Gasteiger partial charge in [-0.15, -0.1) is 0 Å². The molecule has 1 atom stereocenters. The van der Waals surface area contributed by atoms with Gasteiger partial charge < -0.3 is 4.90 Å². The number of hydrogen-bond acceptors (Lipinski definition) is 5. The van der Waals surface area contributed by atoms with Crippen molar-refractivity contribution < 1.29 is 4.79 Å². The lowest BCUT2D eigenvalue weighted by Gasteiger charge is -2.31. The lowest BCUT2D eigenvalue weighted by atomic mass is 9.99. The average molecular weight is 279 g/mol. The van der Waals surface area contributed by atoms with Gasteiger partial charge >= 0.3 is 0 Å². The Balaban J connectivity index is 2.18. The van der Waals surface area contributed by atoms with Crippen LogP contribution in [0.3, 0.4) is 0 Å². The van der Waals surface area contributed by atoms with Crippen LogP contribution in [-0.4, -0.2) is 28.8 Å². The summed E-state index contributed by atoms with van der Waals surface area (Å²) in [5.74, 6) is 5.35. The zero-order valence-corrected chi connectivity index (χ0v) is 11.9. The lowest BCUT2D eigenvalue weighted by molar-refractivity contribution is -0.124. The molecule has 3 N–H and O–H groups in total. The number of nitrogens with one attached hydrogen (secondary N) is 1. The van der Waals surface area contributed by atoms with E-state index in [9.17, 15) is 9.59 Å². The zero-order chi connectivity index (χ0) is 14.7. The van der Waals surface area contributed by atoms with Crippen molar-refractivity contribution in [3.8, 4) is 0 Å². The second-order valence-electron chi connectivity index (χ2n) is 5.35. The van der Waals surface area contributed by atoms with Crippen molar-refractivity contribution in [3.63, 3.8) is 0 Å². The predicted octanol–water partition coefficient (Wildman–Crippen LogP) is 0.0305. The molecule has 1 fully saturated rings. The minimum Gasteiger partial charge on any atom is -0.370 e. The van der Waals surface area contributed by atoms with Crippen LogP contribution in [0.25, 0.3) is 0 Å². The molecule has 0 aromatic carbocycles. The van der Waals surface area contributed by atoms with E-state index in [1.165, 1.54) is 6.07 Å². The molecular formula is C13H21N5O2. The van der Waals surface area contributed by atoms with E-state index in [2.05, 4.69) is 16.9 Å². The highest BCUT2D eigenvalue weighted by Crippen LogP contribution is 2.21. The Bertz CT molecular complexity index is 534. The number of rotatable bonds is 3. The van der Waals surface area contributed by atoms with Crippen molar-refractivity contribution in [3.05, 3.63) is 22.6 Å². The SMILES string of the molecule is CC1CCN(c2cnn(C(C)C(=O)NN)c(=O)c2)CC1. The highest BCUT2D eigenvalue weighted by molar-refractivity contribution is 5.79. The molecule has 0 radical (unpaired) electrons. The first kappa shape index (κ1) is 14.5. The number of aromatic nitrogens is 2. The van der Waals surface area contributed by atoms with E-state index in [0.29, 0.717) is 0 Å². The summed E-state index contributed by atoms with van der Waals surface area (Å²) in [5, 5.41) is 4.09. The van der Waals surface area contributed by atoms with Crippen molar-refractivity contribution >= 4 is 11.6 Å². The maximum absolute atomic E-state index is 12.1. The molecule has 1 aliphatic heterocycles. The fraction of sp³-hybridized carbons (Fsp3) is 0.615. The van der Waals surface area contributed by atoms with Gasteiger partial charge in [-0.2, -0.15) is 5.10 Å². The van der Waals surface area contributed by atoms with E-state index >= 15 is 0 Å². The van der Waals surface area contributed by atoms with Crippen LogP contribution in [0.1, 0.15) is 32.7 Å². The number of amides is 1. The van der Waals surface area contributed by atoms with Gasteiger partial charge in [-0.05, 0) is 25.7 Å². The first-order valence-corrected chi connectivity index (χ1v) is 6.87. The van der Waals surface area contributed by atoms with E-state index in [-0.39, 0.29) is 5.56 Å². The molecule has 7 nitrogen and oxygen atoms in total. The molecule has 1 aromatic heterocycles. The van der Waals surface area contributed by atoms with Gasteiger partial charge in [-0.3, -0.25) is 15.0 Å². The first-order valence-electron chi connectivity index (χ1n) is 6.87. The standard InChI is InChI=1S/C13H21N5O2/c1-9-3-5-17(6-4-9)11-7-12(19)18(15-8-11)10(2)13(20)16-14/h7-10H,3-6,14H2,1-2H3,(H,16,20). The van der Waals surface area contributed by atoms with Gasteiger partial charge in [-0.25, -0.2) is 10.5 Å². The number of anilines is 1. The van der Waals surface area contributed by atoms with Crippen LogP contribution in [0.4, 0.5) is 5.69 Å². The second kappa shape index (κ2) is 6.04. The number of carbonyl (C=O) groups is 1. The molecule has 1 saturated heterocycles. The molecule has 2 rings (SSSR count). The third-order valence-electron chi connectivity index (χ3n) is 3.85. The van der Waals surface area contributed by atoms with Crippen LogP contribution in [0, 0.1) is 5.92 Å². The number of hydrogen-bond donors (Lipinski definition) is 2. The van der Waals surface area contributed by atoms with Crippen LogP contribution in [0.15, 0.2) is 17.1 Å². The molecule has 0 saturated carbocycles. The number of hydrazine groups is 1. The second-order valence-corrected chi connectivity index (χ2v) is 5.35. The number of nitrogens with two attached hydrogens (primary N) is 1. The average Bonchev–Trinajstić information content (AvgIpc) is 2.46. The highest BCUT2D eigenvalue weighted by Gasteiger charge is 2.19. The summed E-state index contributed by atoms with van der Waals surface area (Å²) >= 11 is 0. The van der Waals surface area contributed by atoms with Gasteiger partial charge in [0.2, 0.25) is 0 Å². The molecule has 1 aliphatic rings. The van der Waals surface area contributed by atoms with Crippen LogP contribution >= 0.6 is 0 Å². The van der Waals surface area contributed by atoms with E-state index < -0.39 is 11.9 Å². The minimum atomic E-state index is -0.720. The summed E-state index contributed by atoms with van der Waals surface area (Å²) in [6.45, 7) is 5.69. The van der Waals surface area contributed by atoms with Gasteiger partial charge in [0, 0.05) is 19.2 Å². The van der Waals surface area contributed by atoms with Crippen LogP contribution in [0.5, 0.6) is 0 Å². The van der Waals surface area contributed by atoms with Gasteiger partial charge in [0.1, 0.15) is 6.04 Å². The number of nitrogens with zero attached hydrogens (tertiary/aromatic N) is 3. The van der Waals surface area contributed by atoms with Crippen molar-refractivity contribution in [2.24, 2.45) is 11.8 Å². The fourth-order valence-corrected chi connectivity index (χ4v) is 2.37. The predicted molar refractivity (Wildman–Crippen MR) is 76.1 cm³/mol. The van der Waals surface area contributed by atoms with E-state index in [0.717, 1.165) is 42.2 Å². The van der Waals surface area contributed by atoms with Crippen LogP contribution in [-0.2, 0) is 4.79 Å². The first-order chi connectivity index (χ1) is 9.52. The van der Waals surface area contributed by atoms with E-state index in [1.807, 2.05) is 5.43 Å². The van der Waals surface area contributed by atoms with E-state index in [1.54, 1.807) is 13.1 Å². The Kier molecular flexibility index (Phi) is 4.39. The van der Waals surface area contributed by atoms with Gasteiger partial charge in [-0.1, -0.05) is 6.92 Å².